The highest BCUT2D eigenvalue weighted by molar-refractivity contribution is 7.13. The van der Waals surface area contributed by atoms with Gasteiger partial charge in [-0.15, -0.1) is 0 Å². The van der Waals surface area contributed by atoms with E-state index in [1.165, 1.54) is 6.07 Å². The van der Waals surface area contributed by atoms with Crippen LogP contribution >= 0.6 is 11.3 Å². The van der Waals surface area contributed by atoms with Crippen molar-refractivity contribution in [2.75, 3.05) is 6.54 Å². The lowest BCUT2D eigenvalue weighted by Crippen LogP contribution is -2.28. The van der Waals surface area contributed by atoms with Crippen molar-refractivity contribution in [1.82, 2.24) is 5.32 Å². The van der Waals surface area contributed by atoms with E-state index >= 15 is 0 Å². The number of carbonyl (C=O) groups is 1. The molecule has 1 aromatic heterocycles. The molecule has 0 aromatic carbocycles. The van der Waals surface area contributed by atoms with E-state index in [0.717, 1.165) is 16.9 Å². The molecule has 0 bridgehead atoms. The van der Waals surface area contributed by atoms with Crippen LogP contribution in [0.2, 0.25) is 0 Å². The van der Waals surface area contributed by atoms with E-state index in [-0.39, 0.29) is 5.00 Å². The van der Waals surface area contributed by atoms with Crippen LogP contribution in [0.25, 0.3) is 0 Å². The summed E-state index contributed by atoms with van der Waals surface area (Å²) in [5.41, 5.74) is 0.0908. The van der Waals surface area contributed by atoms with E-state index in [0.29, 0.717) is 19.5 Å². The number of carboxylic acid groups (broad SMARTS) is 1. The van der Waals surface area contributed by atoms with Crippen molar-refractivity contribution in [3.05, 3.63) is 27.1 Å². The quantitative estimate of drug-likeness (QED) is 0.451. The lowest BCUT2D eigenvalue weighted by molar-refractivity contribution is -0.380. The fourth-order valence-electron chi connectivity index (χ4n) is 1.29. The van der Waals surface area contributed by atoms with Crippen LogP contribution in [-0.2, 0) is 11.3 Å². The Morgan fingerprint density at radius 3 is 2.78 bits per heavy atom. The largest absolute Gasteiger partial charge is 0.481 e. The molecule has 0 unspecified atom stereocenters. The minimum Gasteiger partial charge on any atom is -0.481 e. The molecule has 0 amide bonds. The van der Waals surface area contributed by atoms with E-state index in [4.69, 9.17) is 5.11 Å². The zero-order valence-corrected chi connectivity index (χ0v) is 11.1. The zero-order valence-electron chi connectivity index (χ0n) is 10.3. The van der Waals surface area contributed by atoms with Gasteiger partial charge in [-0.25, -0.2) is 0 Å². The Balaban J connectivity index is 2.34. The Kier molecular flexibility index (Phi) is 4.80. The van der Waals surface area contributed by atoms with Crippen molar-refractivity contribution < 1.29 is 14.8 Å². The third-order valence-corrected chi connectivity index (χ3v) is 3.58. The maximum atomic E-state index is 10.9. The Morgan fingerprint density at radius 1 is 1.61 bits per heavy atom. The van der Waals surface area contributed by atoms with Gasteiger partial charge in [0.25, 0.3) is 0 Å². The molecule has 7 heteroatoms. The van der Waals surface area contributed by atoms with Crippen molar-refractivity contribution >= 4 is 22.3 Å². The van der Waals surface area contributed by atoms with Crippen LogP contribution in [0.4, 0.5) is 5.00 Å². The van der Waals surface area contributed by atoms with Crippen LogP contribution in [0.3, 0.4) is 0 Å². The number of nitrogens with zero attached hydrogens (tertiary/aromatic N) is 1. The van der Waals surface area contributed by atoms with E-state index in [1.807, 2.05) is 0 Å². The summed E-state index contributed by atoms with van der Waals surface area (Å²) in [5.74, 6) is -0.824. The third-order valence-electron chi connectivity index (χ3n) is 2.65. The Bertz CT molecular complexity index is 442. The number of carboxylic acids is 1. The topological polar surface area (TPSA) is 92.5 Å². The number of aliphatic carboxylic acids is 1. The number of hydrogen-bond donors (Lipinski definition) is 2. The van der Waals surface area contributed by atoms with Crippen LogP contribution < -0.4 is 5.32 Å². The van der Waals surface area contributed by atoms with Gasteiger partial charge in [-0.1, -0.05) is 11.3 Å². The van der Waals surface area contributed by atoms with Crippen LogP contribution in [0.15, 0.2) is 11.4 Å². The molecule has 0 atom stereocenters. The zero-order chi connectivity index (χ0) is 13.8. The molecule has 1 aromatic rings. The van der Waals surface area contributed by atoms with Gasteiger partial charge in [0.1, 0.15) is 0 Å². The first-order valence-electron chi connectivity index (χ1n) is 5.49. The summed E-state index contributed by atoms with van der Waals surface area (Å²) < 4.78 is 0. The summed E-state index contributed by atoms with van der Waals surface area (Å²) in [6.45, 7) is 4.42. The van der Waals surface area contributed by atoms with Gasteiger partial charge in [0.2, 0.25) is 0 Å². The standard InChI is InChI=1S/C11H16N2O4S/c1-11(2,10(14)15)3-4-12-6-8-5-9(13(16)17)18-7-8/h5,7,12H,3-4,6H2,1-2H3,(H,14,15). The van der Waals surface area contributed by atoms with Crippen LogP contribution in [0, 0.1) is 15.5 Å². The van der Waals surface area contributed by atoms with E-state index in [9.17, 15) is 14.9 Å². The van der Waals surface area contributed by atoms with E-state index in [1.54, 1.807) is 19.2 Å². The highest BCUT2D eigenvalue weighted by Gasteiger charge is 2.26. The molecular formula is C11H16N2O4S. The van der Waals surface area contributed by atoms with Gasteiger partial charge in [-0.3, -0.25) is 14.9 Å². The summed E-state index contributed by atoms with van der Waals surface area (Å²) >= 11 is 1.09. The first-order valence-corrected chi connectivity index (χ1v) is 6.37. The number of nitrogens with one attached hydrogen (secondary N) is 1. The summed E-state index contributed by atoms with van der Waals surface area (Å²) in [5, 5.41) is 24.3. The van der Waals surface area contributed by atoms with Crippen molar-refractivity contribution in [2.45, 2.75) is 26.8 Å². The molecule has 18 heavy (non-hydrogen) atoms. The Morgan fingerprint density at radius 2 is 2.28 bits per heavy atom. The molecule has 0 aliphatic rings. The Labute approximate surface area is 109 Å². The van der Waals surface area contributed by atoms with Gasteiger partial charge in [0, 0.05) is 18.0 Å². The van der Waals surface area contributed by atoms with Gasteiger partial charge >= 0.3 is 11.0 Å². The third kappa shape index (κ3) is 4.08. The molecule has 0 spiro atoms. The van der Waals surface area contributed by atoms with Crippen molar-refractivity contribution in [3.63, 3.8) is 0 Å². The fourth-order valence-corrected chi connectivity index (χ4v) is 2.02. The van der Waals surface area contributed by atoms with Crippen LogP contribution in [0.1, 0.15) is 25.8 Å². The molecule has 0 saturated carbocycles. The second-order valence-corrected chi connectivity index (χ2v) is 5.56. The van der Waals surface area contributed by atoms with Gasteiger partial charge < -0.3 is 10.4 Å². The van der Waals surface area contributed by atoms with Crippen molar-refractivity contribution in [2.24, 2.45) is 5.41 Å². The first kappa shape index (κ1) is 14.6. The molecular weight excluding hydrogens is 256 g/mol. The molecule has 100 valence electrons. The van der Waals surface area contributed by atoms with Gasteiger partial charge in [-0.05, 0) is 32.4 Å². The number of hydrogen-bond acceptors (Lipinski definition) is 5. The molecule has 0 radical (unpaired) electrons. The summed E-state index contributed by atoms with van der Waals surface area (Å²) in [7, 11) is 0. The molecule has 2 N–H and O–H groups in total. The van der Waals surface area contributed by atoms with Gasteiger partial charge in [0.15, 0.2) is 0 Å². The normalized spacial score (nSPS) is 11.4. The maximum Gasteiger partial charge on any atom is 0.324 e. The second kappa shape index (κ2) is 5.92. The average molecular weight is 272 g/mol. The predicted octanol–water partition coefficient (Wildman–Crippen LogP) is 2.25. The number of nitro groups is 1. The second-order valence-electron chi connectivity index (χ2n) is 4.67. The lowest BCUT2D eigenvalue weighted by atomic mass is 9.90. The highest BCUT2D eigenvalue weighted by Crippen LogP contribution is 2.23. The fraction of sp³-hybridized carbons (Fsp3) is 0.545. The molecule has 6 nitrogen and oxygen atoms in total. The smallest absolute Gasteiger partial charge is 0.324 e. The summed E-state index contributed by atoms with van der Waals surface area (Å²) in [6.07, 6.45) is 0.508. The lowest BCUT2D eigenvalue weighted by Gasteiger charge is -2.18. The maximum absolute atomic E-state index is 10.9. The number of rotatable bonds is 7. The predicted molar refractivity (Wildman–Crippen MR) is 68.7 cm³/mol. The highest BCUT2D eigenvalue weighted by atomic mass is 32.1. The average Bonchev–Trinajstić information content (AvgIpc) is 2.73. The minimum atomic E-state index is -0.824. The first-order chi connectivity index (χ1) is 8.33. The van der Waals surface area contributed by atoms with Crippen LogP contribution in [-0.4, -0.2) is 22.5 Å². The van der Waals surface area contributed by atoms with Gasteiger partial charge in [0.05, 0.1) is 10.3 Å². The van der Waals surface area contributed by atoms with Crippen molar-refractivity contribution in [1.29, 1.82) is 0 Å². The van der Waals surface area contributed by atoms with Gasteiger partial charge in [-0.2, -0.15) is 0 Å². The van der Waals surface area contributed by atoms with Crippen molar-refractivity contribution in [3.8, 4) is 0 Å². The molecule has 0 saturated heterocycles. The summed E-state index contributed by atoms with van der Waals surface area (Å²) in [4.78, 5) is 20.9. The number of thiophene rings is 1. The SMILES string of the molecule is CC(C)(CCNCc1csc([N+](=O)[O-])c1)C(=O)O. The molecule has 1 heterocycles. The molecule has 0 fully saturated rings. The Hall–Kier alpha value is -1.47. The molecule has 0 aliphatic carbocycles. The molecule has 1 rings (SSSR count). The van der Waals surface area contributed by atoms with E-state index in [2.05, 4.69) is 5.32 Å². The summed E-state index contributed by atoms with van der Waals surface area (Å²) in [6, 6.07) is 1.53. The molecule has 0 aliphatic heterocycles. The minimum absolute atomic E-state index is 0.123. The monoisotopic (exact) mass is 272 g/mol. The van der Waals surface area contributed by atoms with Crippen LogP contribution in [0.5, 0.6) is 0 Å². The van der Waals surface area contributed by atoms with E-state index < -0.39 is 16.3 Å².